The number of benzene rings is 2. The number of halogens is 1. The topological polar surface area (TPSA) is 62.4 Å². The van der Waals surface area contributed by atoms with Crippen LogP contribution in [0.15, 0.2) is 42.5 Å². The minimum absolute atomic E-state index is 0.0424. The van der Waals surface area contributed by atoms with Crippen molar-refractivity contribution in [3.8, 4) is 5.75 Å². The Labute approximate surface area is 151 Å². The summed E-state index contributed by atoms with van der Waals surface area (Å²) in [6.07, 6.45) is 1.89. The highest BCUT2D eigenvalue weighted by Gasteiger charge is 2.43. The Balaban J connectivity index is 1.52. The van der Waals surface area contributed by atoms with Gasteiger partial charge in [0.1, 0.15) is 11.8 Å². The molecule has 1 fully saturated rings. The van der Waals surface area contributed by atoms with Crippen molar-refractivity contribution in [1.29, 1.82) is 0 Å². The molecule has 3 atom stereocenters. The minimum Gasteiger partial charge on any atom is -0.497 e. The first-order valence-electron chi connectivity index (χ1n) is 8.40. The first-order valence-corrected chi connectivity index (χ1v) is 8.78. The fraction of sp³-hybridized carbons (Fsp3) is 0.316. The molecule has 2 aliphatic rings. The molecule has 1 saturated heterocycles. The van der Waals surface area contributed by atoms with Crippen LogP contribution in [0.3, 0.4) is 0 Å². The summed E-state index contributed by atoms with van der Waals surface area (Å²) in [5.74, 6) is 1.04. The van der Waals surface area contributed by atoms with E-state index in [9.17, 15) is 4.79 Å². The predicted octanol–water partition coefficient (Wildman–Crippen LogP) is 3.07. The van der Waals surface area contributed by atoms with E-state index in [1.807, 2.05) is 18.2 Å². The second-order valence-electron chi connectivity index (χ2n) is 6.51. The van der Waals surface area contributed by atoms with Gasteiger partial charge in [-0.05, 0) is 54.3 Å². The first-order chi connectivity index (χ1) is 12.2. The van der Waals surface area contributed by atoms with Crippen LogP contribution in [0.1, 0.15) is 23.6 Å². The molecule has 3 N–H and O–H groups in total. The number of anilines is 1. The Morgan fingerprint density at radius 1 is 1.24 bits per heavy atom. The summed E-state index contributed by atoms with van der Waals surface area (Å²) in [5.41, 5.74) is 9.71. The van der Waals surface area contributed by atoms with Crippen molar-refractivity contribution in [2.75, 3.05) is 12.4 Å². The third-order valence-corrected chi connectivity index (χ3v) is 5.29. The number of methoxy groups -OCH3 is 1. The average molecular weight is 358 g/mol. The number of rotatable bonds is 3. The van der Waals surface area contributed by atoms with Crippen molar-refractivity contribution < 1.29 is 9.53 Å². The smallest absolute Gasteiger partial charge is 0.243 e. The van der Waals surface area contributed by atoms with Gasteiger partial charge >= 0.3 is 0 Å². The molecule has 25 heavy (non-hydrogen) atoms. The summed E-state index contributed by atoms with van der Waals surface area (Å²) in [4.78, 5) is 12.7. The van der Waals surface area contributed by atoms with E-state index >= 15 is 0 Å². The summed E-state index contributed by atoms with van der Waals surface area (Å²) < 4.78 is 5.32. The zero-order valence-electron chi connectivity index (χ0n) is 13.9. The molecule has 1 aliphatic heterocycles. The van der Waals surface area contributed by atoms with Crippen LogP contribution < -0.4 is 20.9 Å². The minimum atomic E-state index is -0.278. The molecule has 0 radical (unpaired) electrons. The van der Waals surface area contributed by atoms with E-state index in [-0.39, 0.29) is 23.9 Å². The number of nitrogens with one attached hydrogen (secondary N) is 3. The molecule has 1 heterocycles. The monoisotopic (exact) mass is 357 g/mol. The molecule has 2 aromatic carbocycles. The number of amides is 1. The average Bonchev–Trinajstić information content (AvgIpc) is 3.05. The van der Waals surface area contributed by atoms with Crippen LogP contribution >= 0.6 is 11.6 Å². The predicted molar refractivity (Wildman–Crippen MR) is 97.7 cm³/mol. The van der Waals surface area contributed by atoms with E-state index in [1.165, 1.54) is 11.1 Å². The van der Waals surface area contributed by atoms with E-state index < -0.39 is 0 Å². The van der Waals surface area contributed by atoms with E-state index in [0.717, 1.165) is 18.6 Å². The lowest BCUT2D eigenvalue weighted by atomic mass is 9.77. The Hall–Kier alpha value is -2.08. The Kier molecular flexibility index (Phi) is 4.37. The van der Waals surface area contributed by atoms with Crippen LogP contribution in [0.5, 0.6) is 5.75 Å². The van der Waals surface area contributed by atoms with Gasteiger partial charge in [0.25, 0.3) is 0 Å². The molecule has 3 unspecified atom stereocenters. The maximum Gasteiger partial charge on any atom is 0.243 e. The molecule has 2 aromatic rings. The van der Waals surface area contributed by atoms with Crippen LogP contribution in [0.2, 0.25) is 5.02 Å². The lowest BCUT2D eigenvalue weighted by molar-refractivity contribution is -0.118. The maximum atomic E-state index is 12.7. The van der Waals surface area contributed by atoms with Crippen LogP contribution in [-0.4, -0.2) is 19.1 Å². The summed E-state index contributed by atoms with van der Waals surface area (Å²) in [6.45, 7) is 0. The Morgan fingerprint density at radius 3 is 2.92 bits per heavy atom. The Bertz CT molecular complexity index is 811. The lowest BCUT2D eigenvalue weighted by Gasteiger charge is -2.29. The zero-order chi connectivity index (χ0) is 17.4. The number of carbonyl (C=O) groups excluding carboxylic acids is 1. The van der Waals surface area contributed by atoms with Gasteiger partial charge in [-0.2, -0.15) is 0 Å². The SMILES string of the molecule is COc1ccc2c(c1)CCC1C(C(=O)Nc3cccc(Cl)c3)NNC21. The molecule has 0 saturated carbocycles. The molecule has 6 heteroatoms. The highest BCUT2D eigenvalue weighted by atomic mass is 35.5. The molecule has 1 amide bonds. The second kappa shape index (κ2) is 6.67. The Morgan fingerprint density at radius 2 is 2.12 bits per heavy atom. The lowest BCUT2D eigenvalue weighted by Crippen LogP contribution is -2.42. The number of hydrogen-bond donors (Lipinski definition) is 3. The van der Waals surface area contributed by atoms with Gasteiger partial charge in [-0.3, -0.25) is 4.79 Å². The normalized spacial score (nSPS) is 24.3. The van der Waals surface area contributed by atoms with Gasteiger partial charge in [0.05, 0.1) is 13.2 Å². The number of hydrazine groups is 1. The van der Waals surface area contributed by atoms with Gasteiger partial charge in [-0.15, -0.1) is 0 Å². The van der Waals surface area contributed by atoms with Gasteiger partial charge in [0, 0.05) is 16.6 Å². The molecule has 0 aromatic heterocycles. The molecule has 4 rings (SSSR count). The number of ether oxygens (including phenoxy) is 1. The van der Waals surface area contributed by atoms with Crippen LogP contribution in [-0.2, 0) is 11.2 Å². The van der Waals surface area contributed by atoms with Crippen molar-refractivity contribution >= 4 is 23.2 Å². The fourth-order valence-electron chi connectivity index (χ4n) is 3.83. The number of aryl methyl sites for hydroxylation is 1. The van der Waals surface area contributed by atoms with Gasteiger partial charge in [0.15, 0.2) is 0 Å². The third-order valence-electron chi connectivity index (χ3n) is 5.06. The maximum absolute atomic E-state index is 12.7. The van der Waals surface area contributed by atoms with Crippen molar-refractivity contribution in [1.82, 2.24) is 10.9 Å². The van der Waals surface area contributed by atoms with Crippen molar-refractivity contribution in [3.63, 3.8) is 0 Å². The van der Waals surface area contributed by atoms with Gasteiger partial charge in [0.2, 0.25) is 5.91 Å². The molecule has 130 valence electrons. The second-order valence-corrected chi connectivity index (χ2v) is 6.95. The highest BCUT2D eigenvalue weighted by molar-refractivity contribution is 6.30. The largest absolute Gasteiger partial charge is 0.497 e. The summed E-state index contributed by atoms with van der Waals surface area (Å²) in [5, 5.41) is 3.56. The molecular weight excluding hydrogens is 338 g/mol. The van der Waals surface area contributed by atoms with Crippen molar-refractivity contribution in [2.45, 2.75) is 24.9 Å². The summed E-state index contributed by atoms with van der Waals surface area (Å²) in [7, 11) is 1.68. The molecule has 5 nitrogen and oxygen atoms in total. The zero-order valence-corrected chi connectivity index (χ0v) is 14.6. The summed E-state index contributed by atoms with van der Waals surface area (Å²) >= 11 is 5.99. The highest BCUT2D eigenvalue weighted by Crippen LogP contribution is 2.40. The van der Waals surface area contributed by atoms with E-state index in [1.54, 1.807) is 19.2 Å². The molecular formula is C19H20ClN3O2. The van der Waals surface area contributed by atoms with Crippen molar-refractivity contribution in [3.05, 3.63) is 58.6 Å². The van der Waals surface area contributed by atoms with Crippen LogP contribution in [0.4, 0.5) is 5.69 Å². The van der Waals surface area contributed by atoms with E-state index in [4.69, 9.17) is 16.3 Å². The van der Waals surface area contributed by atoms with Crippen LogP contribution in [0.25, 0.3) is 0 Å². The molecule has 1 aliphatic carbocycles. The molecule has 0 bridgehead atoms. The third kappa shape index (κ3) is 3.11. The van der Waals surface area contributed by atoms with Crippen molar-refractivity contribution in [2.24, 2.45) is 5.92 Å². The first kappa shape index (κ1) is 16.4. The van der Waals surface area contributed by atoms with Gasteiger partial charge in [-0.25, -0.2) is 10.9 Å². The fourth-order valence-corrected chi connectivity index (χ4v) is 4.02. The number of carbonyl (C=O) groups is 1. The van der Waals surface area contributed by atoms with Crippen LogP contribution in [0, 0.1) is 5.92 Å². The van der Waals surface area contributed by atoms with E-state index in [2.05, 4.69) is 28.3 Å². The molecule has 0 spiro atoms. The van der Waals surface area contributed by atoms with Gasteiger partial charge in [-0.1, -0.05) is 23.7 Å². The number of hydrogen-bond acceptors (Lipinski definition) is 4. The summed E-state index contributed by atoms with van der Waals surface area (Å²) in [6, 6.07) is 13.2. The van der Waals surface area contributed by atoms with E-state index in [0.29, 0.717) is 10.7 Å². The standard InChI is InChI=1S/C19H20ClN3O2/c1-25-14-6-8-15-11(9-14)5-7-16-17(15)22-23-18(16)19(24)21-13-4-2-3-12(20)10-13/h2-4,6,8-10,16-18,22-23H,5,7H2,1H3,(H,21,24). The van der Waals surface area contributed by atoms with Gasteiger partial charge < -0.3 is 10.1 Å². The quantitative estimate of drug-likeness (QED) is 0.790. The number of fused-ring (bicyclic) bond motifs is 3.